The van der Waals surface area contributed by atoms with Crippen molar-refractivity contribution in [1.82, 2.24) is 5.32 Å². The second kappa shape index (κ2) is 8.78. The van der Waals surface area contributed by atoms with Gasteiger partial charge in [-0.1, -0.05) is 65.7 Å². The summed E-state index contributed by atoms with van der Waals surface area (Å²) in [6, 6.07) is 19.7. The first-order valence-corrected chi connectivity index (χ1v) is 9.01. The van der Waals surface area contributed by atoms with Crippen LogP contribution in [0.5, 0.6) is 5.75 Å². The van der Waals surface area contributed by atoms with Gasteiger partial charge in [0.05, 0.1) is 10.6 Å². The van der Waals surface area contributed by atoms with E-state index in [4.69, 9.17) is 27.9 Å². The van der Waals surface area contributed by atoms with Crippen molar-refractivity contribution in [3.05, 3.63) is 99.5 Å². The number of nitrogens with one attached hydrogen (secondary N) is 1. The van der Waals surface area contributed by atoms with E-state index in [1.807, 2.05) is 6.07 Å². The van der Waals surface area contributed by atoms with Crippen molar-refractivity contribution in [2.45, 2.75) is 6.23 Å². The largest absolute Gasteiger partial charge is 0.478 e. The summed E-state index contributed by atoms with van der Waals surface area (Å²) in [6.45, 7) is 0. The summed E-state index contributed by atoms with van der Waals surface area (Å²) >= 11 is 12.0. The first-order valence-electron chi connectivity index (χ1n) is 8.25. The Hall–Kier alpha value is -3.02. The second-order valence-corrected chi connectivity index (χ2v) is 6.65. The van der Waals surface area contributed by atoms with Crippen LogP contribution in [0.25, 0.3) is 0 Å². The Bertz CT molecular complexity index is 1010. The molecule has 0 saturated heterocycles. The highest BCUT2D eigenvalue weighted by Crippen LogP contribution is 2.26. The standard InChI is InChI=1S/C21H15Cl2NO4/c22-14-10-11-15(17(23)12-14)19(25)24-20(13-6-2-1-3-7-13)28-18-9-5-4-8-16(18)21(26)27/h1-12,20H,(H,24,25)(H,26,27). The first kappa shape index (κ1) is 19.7. The van der Waals surface area contributed by atoms with Crippen molar-refractivity contribution >= 4 is 35.1 Å². The van der Waals surface area contributed by atoms with E-state index in [-0.39, 0.29) is 21.9 Å². The number of carbonyl (C=O) groups is 2. The fourth-order valence-corrected chi connectivity index (χ4v) is 3.05. The normalized spacial score (nSPS) is 11.5. The molecule has 7 heteroatoms. The maximum Gasteiger partial charge on any atom is 0.339 e. The molecule has 5 nitrogen and oxygen atoms in total. The van der Waals surface area contributed by atoms with Gasteiger partial charge in [-0.15, -0.1) is 0 Å². The summed E-state index contributed by atoms with van der Waals surface area (Å²) in [5.41, 5.74) is 0.852. The lowest BCUT2D eigenvalue weighted by atomic mass is 10.1. The maximum atomic E-state index is 12.7. The zero-order valence-electron chi connectivity index (χ0n) is 14.4. The number of hydrogen-bond acceptors (Lipinski definition) is 3. The third kappa shape index (κ3) is 4.63. The SMILES string of the molecule is O=C(NC(Oc1ccccc1C(=O)O)c1ccccc1)c1ccc(Cl)cc1Cl. The monoisotopic (exact) mass is 415 g/mol. The fourth-order valence-electron chi connectivity index (χ4n) is 2.55. The van der Waals surface area contributed by atoms with E-state index in [1.165, 1.54) is 24.3 Å². The lowest BCUT2D eigenvalue weighted by molar-refractivity contribution is 0.0684. The van der Waals surface area contributed by atoms with Gasteiger partial charge in [-0.3, -0.25) is 4.79 Å². The molecule has 2 N–H and O–H groups in total. The van der Waals surface area contributed by atoms with Crippen LogP contribution in [-0.4, -0.2) is 17.0 Å². The highest BCUT2D eigenvalue weighted by Gasteiger charge is 2.21. The molecule has 3 rings (SSSR count). The van der Waals surface area contributed by atoms with Crippen molar-refractivity contribution in [1.29, 1.82) is 0 Å². The van der Waals surface area contributed by atoms with Gasteiger partial charge in [0.15, 0.2) is 6.23 Å². The van der Waals surface area contributed by atoms with Crippen molar-refractivity contribution in [3.63, 3.8) is 0 Å². The van der Waals surface area contributed by atoms with Crippen LogP contribution in [0.4, 0.5) is 0 Å². The molecule has 1 amide bonds. The van der Waals surface area contributed by atoms with E-state index in [0.717, 1.165) is 0 Å². The van der Waals surface area contributed by atoms with Gasteiger partial charge in [0.1, 0.15) is 11.3 Å². The Labute approximate surface area is 171 Å². The van der Waals surface area contributed by atoms with Crippen molar-refractivity contribution in [2.75, 3.05) is 0 Å². The molecule has 3 aromatic carbocycles. The third-order valence-corrected chi connectivity index (χ3v) is 4.45. The van der Waals surface area contributed by atoms with E-state index in [2.05, 4.69) is 5.32 Å². The Balaban J connectivity index is 1.92. The molecule has 0 saturated carbocycles. The van der Waals surface area contributed by atoms with E-state index in [0.29, 0.717) is 10.6 Å². The molecule has 0 aliphatic heterocycles. The van der Waals surface area contributed by atoms with Crippen LogP contribution < -0.4 is 10.1 Å². The average molecular weight is 416 g/mol. The number of carbonyl (C=O) groups excluding carboxylic acids is 1. The van der Waals surface area contributed by atoms with Crippen molar-refractivity contribution < 1.29 is 19.4 Å². The lowest BCUT2D eigenvalue weighted by Gasteiger charge is -2.22. The van der Waals surface area contributed by atoms with Gasteiger partial charge in [-0.2, -0.15) is 0 Å². The molecular formula is C21H15Cl2NO4. The summed E-state index contributed by atoms with van der Waals surface area (Å²) in [5, 5.41) is 12.7. The minimum absolute atomic E-state index is 0.0118. The highest BCUT2D eigenvalue weighted by atomic mass is 35.5. The summed E-state index contributed by atoms with van der Waals surface area (Å²) < 4.78 is 5.87. The number of para-hydroxylation sites is 1. The van der Waals surface area contributed by atoms with Crippen LogP contribution in [-0.2, 0) is 0 Å². The number of aromatic carboxylic acids is 1. The number of amides is 1. The molecule has 0 aromatic heterocycles. The Morgan fingerprint density at radius 1 is 0.893 bits per heavy atom. The van der Waals surface area contributed by atoms with E-state index >= 15 is 0 Å². The molecule has 0 heterocycles. The number of halogens is 2. The number of ether oxygens (including phenoxy) is 1. The predicted octanol–water partition coefficient (Wildman–Crippen LogP) is 5.20. The molecule has 0 spiro atoms. The van der Waals surface area contributed by atoms with Gasteiger partial charge < -0.3 is 15.2 Å². The van der Waals surface area contributed by atoms with Crippen LogP contribution in [0.1, 0.15) is 32.5 Å². The van der Waals surface area contributed by atoms with E-state index < -0.39 is 18.1 Å². The number of benzene rings is 3. The molecule has 0 radical (unpaired) electrons. The Morgan fingerprint density at radius 3 is 2.25 bits per heavy atom. The number of hydrogen-bond donors (Lipinski definition) is 2. The predicted molar refractivity (Wildman–Crippen MR) is 107 cm³/mol. The molecular weight excluding hydrogens is 401 g/mol. The average Bonchev–Trinajstić information content (AvgIpc) is 2.68. The molecule has 28 heavy (non-hydrogen) atoms. The second-order valence-electron chi connectivity index (χ2n) is 5.81. The highest BCUT2D eigenvalue weighted by molar-refractivity contribution is 6.36. The van der Waals surface area contributed by atoms with Gasteiger partial charge in [-0.05, 0) is 30.3 Å². The lowest BCUT2D eigenvalue weighted by Crippen LogP contribution is -2.32. The molecule has 0 aliphatic rings. The quantitative estimate of drug-likeness (QED) is 0.542. The summed E-state index contributed by atoms with van der Waals surface area (Å²) in [7, 11) is 0. The van der Waals surface area contributed by atoms with Gasteiger partial charge in [0.2, 0.25) is 0 Å². The zero-order chi connectivity index (χ0) is 20.1. The zero-order valence-corrected chi connectivity index (χ0v) is 15.9. The smallest absolute Gasteiger partial charge is 0.339 e. The maximum absolute atomic E-state index is 12.7. The fraction of sp³-hybridized carbons (Fsp3) is 0.0476. The minimum atomic E-state index is -1.13. The third-order valence-electron chi connectivity index (χ3n) is 3.90. The van der Waals surface area contributed by atoms with Gasteiger partial charge in [0, 0.05) is 10.6 Å². The molecule has 142 valence electrons. The van der Waals surface area contributed by atoms with Crippen LogP contribution in [0, 0.1) is 0 Å². The first-order chi connectivity index (χ1) is 13.5. The van der Waals surface area contributed by atoms with E-state index in [9.17, 15) is 14.7 Å². The van der Waals surface area contributed by atoms with Crippen LogP contribution in [0.15, 0.2) is 72.8 Å². The van der Waals surface area contributed by atoms with Crippen LogP contribution in [0.3, 0.4) is 0 Å². The molecule has 0 aliphatic carbocycles. The van der Waals surface area contributed by atoms with Gasteiger partial charge in [-0.25, -0.2) is 4.79 Å². The topological polar surface area (TPSA) is 75.6 Å². The Morgan fingerprint density at radius 2 is 1.57 bits per heavy atom. The number of carboxylic acid groups (broad SMARTS) is 1. The van der Waals surface area contributed by atoms with Crippen LogP contribution in [0.2, 0.25) is 10.0 Å². The van der Waals surface area contributed by atoms with Crippen molar-refractivity contribution in [3.8, 4) is 5.75 Å². The summed E-state index contributed by atoms with van der Waals surface area (Å²) in [6.07, 6.45) is -0.930. The molecule has 3 aromatic rings. The molecule has 0 fully saturated rings. The molecule has 1 atom stereocenters. The summed E-state index contributed by atoms with van der Waals surface area (Å²) in [4.78, 5) is 24.2. The Kier molecular flexibility index (Phi) is 6.19. The van der Waals surface area contributed by atoms with Crippen LogP contribution >= 0.6 is 23.2 Å². The van der Waals surface area contributed by atoms with Gasteiger partial charge >= 0.3 is 5.97 Å². The summed E-state index contributed by atoms with van der Waals surface area (Å²) in [5.74, 6) is -1.48. The van der Waals surface area contributed by atoms with Crippen molar-refractivity contribution in [2.24, 2.45) is 0 Å². The molecule has 0 bridgehead atoms. The number of rotatable bonds is 6. The van der Waals surface area contributed by atoms with Gasteiger partial charge in [0.25, 0.3) is 5.91 Å². The molecule has 1 unspecified atom stereocenters. The number of carboxylic acids is 1. The van der Waals surface area contributed by atoms with E-state index in [1.54, 1.807) is 42.5 Å². The minimum Gasteiger partial charge on any atom is -0.478 e.